The van der Waals surface area contributed by atoms with Gasteiger partial charge in [-0.25, -0.2) is 9.78 Å². The standard InChI is InChI=1S/C20H15N3O6/c1-2-20(26)13-7-15-17-11(8-22(15)18(24)12(13)9-29-19(20)25)6-10-4-3-5-14(23(27)28)16(10)21-17/h3-7,26H,2,8-9H2,1H3. The molecule has 0 saturated carbocycles. The molecule has 0 fully saturated rings. The van der Waals surface area contributed by atoms with Crippen LogP contribution in [0.2, 0.25) is 0 Å². The molecule has 9 heteroatoms. The van der Waals surface area contributed by atoms with Crippen LogP contribution in [0.1, 0.15) is 30.0 Å². The van der Waals surface area contributed by atoms with E-state index in [-0.39, 0.29) is 47.5 Å². The lowest BCUT2D eigenvalue weighted by molar-refractivity contribution is -0.383. The number of aromatic nitrogens is 2. The maximum absolute atomic E-state index is 13.1. The highest BCUT2D eigenvalue weighted by Crippen LogP contribution is 2.39. The molecule has 1 unspecified atom stereocenters. The molecule has 3 aromatic rings. The largest absolute Gasteiger partial charge is 0.458 e. The normalized spacial score (nSPS) is 19.4. The van der Waals surface area contributed by atoms with Crippen LogP contribution in [0.15, 0.2) is 35.1 Å². The van der Waals surface area contributed by atoms with E-state index in [1.54, 1.807) is 31.2 Å². The topological polar surface area (TPSA) is 125 Å². The quantitative estimate of drug-likeness (QED) is 0.314. The van der Waals surface area contributed by atoms with Crippen molar-refractivity contribution in [1.29, 1.82) is 0 Å². The molecule has 1 N–H and O–H groups in total. The van der Waals surface area contributed by atoms with E-state index in [0.29, 0.717) is 16.8 Å². The molecule has 1 atom stereocenters. The van der Waals surface area contributed by atoms with Gasteiger partial charge in [0.15, 0.2) is 5.60 Å². The first-order valence-corrected chi connectivity index (χ1v) is 9.09. The lowest BCUT2D eigenvalue weighted by atomic mass is 9.86. The maximum atomic E-state index is 13.1. The Labute approximate surface area is 163 Å². The number of nitro groups is 1. The van der Waals surface area contributed by atoms with Gasteiger partial charge in [0.1, 0.15) is 12.1 Å². The summed E-state index contributed by atoms with van der Waals surface area (Å²) in [5.41, 5.74) is -0.135. The van der Waals surface area contributed by atoms with E-state index in [0.717, 1.165) is 5.56 Å². The summed E-state index contributed by atoms with van der Waals surface area (Å²) in [5.74, 6) is -0.794. The van der Waals surface area contributed by atoms with Gasteiger partial charge in [0, 0.05) is 22.6 Å². The van der Waals surface area contributed by atoms with Crippen molar-refractivity contribution < 1.29 is 19.6 Å². The number of aliphatic hydroxyl groups is 1. The third-order valence-corrected chi connectivity index (χ3v) is 5.71. The van der Waals surface area contributed by atoms with Crippen molar-refractivity contribution in [3.05, 3.63) is 67.5 Å². The van der Waals surface area contributed by atoms with E-state index in [1.165, 1.54) is 10.6 Å². The van der Waals surface area contributed by atoms with Gasteiger partial charge >= 0.3 is 5.97 Å². The fraction of sp³-hybridized carbons (Fsp3) is 0.250. The van der Waals surface area contributed by atoms with Crippen LogP contribution in [-0.2, 0) is 28.3 Å². The number of nitro benzene ring substituents is 1. The SMILES string of the molecule is CCC1(O)C(=O)OCc2c1cc1n(c2=O)Cc2cc3cccc([N+](=O)[O-])c3nc2-1. The summed E-state index contributed by atoms with van der Waals surface area (Å²) < 4.78 is 6.54. The Morgan fingerprint density at radius 1 is 1.34 bits per heavy atom. The average Bonchev–Trinajstić information content (AvgIpc) is 3.07. The van der Waals surface area contributed by atoms with E-state index < -0.39 is 16.5 Å². The fourth-order valence-corrected chi connectivity index (χ4v) is 4.14. The minimum atomic E-state index is -1.91. The van der Waals surface area contributed by atoms with Crippen LogP contribution >= 0.6 is 0 Å². The monoisotopic (exact) mass is 393 g/mol. The summed E-state index contributed by atoms with van der Waals surface area (Å²) >= 11 is 0. The van der Waals surface area contributed by atoms with Crippen LogP contribution in [-0.4, -0.2) is 25.6 Å². The third kappa shape index (κ3) is 2.21. The number of ether oxygens (including phenoxy) is 1. The van der Waals surface area contributed by atoms with Crippen LogP contribution in [0.3, 0.4) is 0 Å². The van der Waals surface area contributed by atoms with E-state index in [2.05, 4.69) is 4.98 Å². The lowest BCUT2D eigenvalue weighted by Crippen LogP contribution is -2.44. The second kappa shape index (κ2) is 5.71. The fourth-order valence-electron chi connectivity index (χ4n) is 4.14. The van der Waals surface area contributed by atoms with Gasteiger partial charge in [-0.15, -0.1) is 0 Å². The molecule has 5 rings (SSSR count). The summed E-state index contributed by atoms with van der Waals surface area (Å²) in [6.45, 7) is 1.68. The Kier molecular flexibility index (Phi) is 3.45. The number of hydrogen-bond donors (Lipinski definition) is 1. The Balaban J connectivity index is 1.81. The average molecular weight is 393 g/mol. The zero-order valence-corrected chi connectivity index (χ0v) is 15.3. The van der Waals surface area contributed by atoms with Gasteiger partial charge in [-0.05, 0) is 18.6 Å². The number of fused-ring (bicyclic) bond motifs is 5. The molecule has 0 aliphatic carbocycles. The zero-order chi connectivity index (χ0) is 20.5. The Bertz CT molecular complexity index is 1310. The van der Waals surface area contributed by atoms with Crippen molar-refractivity contribution >= 4 is 22.6 Å². The van der Waals surface area contributed by atoms with Gasteiger partial charge in [-0.1, -0.05) is 19.1 Å². The van der Waals surface area contributed by atoms with Crippen LogP contribution in [0.25, 0.3) is 22.3 Å². The number of carbonyl (C=O) groups excluding carboxylic acids is 1. The summed E-state index contributed by atoms with van der Waals surface area (Å²) in [4.78, 5) is 40.7. The van der Waals surface area contributed by atoms with Gasteiger partial charge in [0.2, 0.25) is 0 Å². The molecular formula is C20H15N3O6. The molecule has 1 aromatic carbocycles. The Morgan fingerprint density at radius 3 is 2.86 bits per heavy atom. The number of non-ortho nitro benzene ring substituents is 1. The van der Waals surface area contributed by atoms with Gasteiger partial charge in [-0.2, -0.15) is 0 Å². The molecule has 4 heterocycles. The van der Waals surface area contributed by atoms with Crippen LogP contribution in [0.4, 0.5) is 5.69 Å². The molecule has 0 bridgehead atoms. The molecule has 146 valence electrons. The van der Waals surface area contributed by atoms with Crippen molar-refractivity contribution in [2.75, 3.05) is 0 Å². The van der Waals surface area contributed by atoms with Crippen molar-refractivity contribution in [3.63, 3.8) is 0 Å². The highest BCUT2D eigenvalue weighted by Gasteiger charge is 2.45. The molecule has 2 aliphatic heterocycles. The van der Waals surface area contributed by atoms with Gasteiger partial charge in [0.05, 0.1) is 28.4 Å². The summed E-state index contributed by atoms with van der Waals surface area (Å²) in [7, 11) is 0. The highest BCUT2D eigenvalue weighted by molar-refractivity contribution is 5.91. The highest BCUT2D eigenvalue weighted by atomic mass is 16.6. The predicted molar refractivity (Wildman–Crippen MR) is 101 cm³/mol. The number of hydrogen-bond acceptors (Lipinski definition) is 7. The van der Waals surface area contributed by atoms with Crippen molar-refractivity contribution in [2.45, 2.75) is 32.1 Å². The maximum Gasteiger partial charge on any atom is 0.343 e. The molecule has 2 aliphatic rings. The number of carbonyl (C=O) groups is 1. The predicted octanol–water partition coefficient (Wildman–Crippen LogP) is 1.99. The second-order valence-electron chi connectivity index (χ2n) is 7.21. The van der Waals surface area contributed by atoms with Crippen molar-refractivity contribution in [1.82, 2.24) is 9.55 Å². The minimum absolute atomic E-state index is 0.0468. The zero-order valence-electron chi connectivity index (χ0n) is 15.3. The lowest BCUT2D eigenvalue weighted by Gasteiger charge is -2.31. The first-order chi connectivity index (χ1) is 13.8. The van der Waals surface area contributed by atoms with Crippen LogP contribution in [0.5, 0.6) is 0 Å². The van der Waals surface area contributed by atoms with Crippen LogP contribution < -0.4 is 5.56 Å². The first-order valence-electron chi connectivity index (χ1n) is 9.09. The number of pyridine rings is 2. The summed E-state index contributed by atoms with van der Waals surface area (Å²) in [6, 6.07) is 8.06. The molecule has 0 radical (unpaired) electrons. The molecule has 0 saturated heterocycles. The smallest absolute Gasteiger partial charge is 0.343 e. The molecule has 0 amide bonds. The first kappa shape index (κ1) is 17.5. The second-order valence-corrected chi connectivity index (χ2v) is 7.21. The minimum Gasteiger partial charge on any atom is -0.458 e. The Morgan fingerprint density at radius 2 is 2.14 bits per heavy atom. The van der Waals surface area contributed by atoms with Crippen LogP contribution in [0, 0.1) is 10.1 Å². The Hall–Kier alpha value is -3.59. The number of rotatable bonds is 2. The van der Waals surface area contributed by atoms with Gasteiger partial charge in [0.25, 0.3) is 11.2 Å². The number of para-hydroxylation sites is 1. The summed E-state index contributed by atoms with van der Waals surface area (Å²) in [6.07, 6.45) is 0.0468. The van der Waals surface area contributed by atoms with Crippen molar-refractivity contribution in [3.8, 4) is 11.4 Å². The number of benzene rings is 1. The molecule has 9 nitrogen and oxygen atoms in total. The van der Waals surface area contributed by atoms with E-state index in [9.17, 15) is 24.8 Å². The molecule has 29 heavy (non-hydrogen) atoms. The molecule has 0 spiro atoms. The number of esters is 1. The van der Waals surface area contributed by atoms with Crippen molar-refractivity contribution in [2.24, 2.45) is 0 Å². The van der Waals surface area contributed by atoms with Gasteiger partial charge < -0.3 is 14.4 Å². The number of nitrogens with zero attached hydrogens (tertiary/aromatic N) is 3. The van der Waals surface area contributed by atoms with E-state index in [1.807, 2.05) is 0 Å². The summed E-state index contributed by atoms with van der Waals surface area (Å²) in [5, 5.41) is 22.9. The third-order valence-electron chi connectivity index (χ3n) is 5.71. The molecule has 2 aromatic heterocycles. The van der Waals surface area contributed by atoms with E-state index >= 15 is 0 Å². The van der Waals surface area contributed by atoms with E-state index in [4.69, 9.17) is 4.74 Å². The molecular weight excluding hydrogens is 378 g/mol. The van der Waals surface area contributed by atoms with Gasteiger partial charge in [-0.3, -0.25) is 14.9 Å². The number of cyclic esters (lactones) is 1.